The summed E-state index contributed by atoms with van der Waals surface area (Å²) in [7, 11) is -4.74. The molecule has 0 aromatic heterocycles. The summed E-state index contributed by atoms with van der Waals surface area (Å²) < 4.78 is 15.9. The molecule has 0 N–H and O–H groups in total. The van der Waals surface area contributed by atoms with Crippen molar-refractivity contribution in [3.8, 4) is 0 Å². The molecule has 5 heteroatoms. The van der Waals surface area contributed by atoms with Crippen LogP contribution in [0.2, 0.25) is 58.9 Å². The highest BCUT2D eigenvalue weighted by Crippen LogP contribution is 2.42. The van der Waals surface area contributed by atoms with Crippen LogP contribution in [0.3, 0.4) is 0 Å². The number of aryl methyl sites for hydroxylation is 1. The first-order chi connectivity index (χ1) is 10.7. The van der Waals surface area contributed by atoms with E-state index in [0.717, 1.165) is 12.8 Å². The van der Waals surface area contributed by atoms with E-state index in [2.05, 4.69) is 83.2 Å². The van der Waals surface area contributed by atoms with E-state index in [0.29, 0.717) is 5.45 Å². The van der Waals surface area contributed by atoms with E-state index >= 15 is 4.39 Å². The van der Waals surface area contributed by atoms with Gasteiger partial charge in [-0.3, -0.25) is 0 Å². The number of hydrogen-bond donors (Lipinski definition) is 0. The standard InChI is InChI=1S/C19H37FSi4/c1-21(2,3)24(22(4,5)6,23(7,8)9)19(20)17-13-16-18-14-11-10-12-15-18/h10-12,14-15,17H,13,16H2,1-9H3/b19-17+. The third-order valence-corrected chi connectivity index (χ3v) is 75.9. The molecule has 24 heavy (non-hydrogen) atoms. The number of allylic oxidation sites excluding steroid dienone is 1. The second-order valence-corrected chi connectivity index (χ2v) is 50.3. The van der Waals surface area contributed by atoms with Crippen LogP contribution in [0.1, 0.15) is 12.0 Å². The van der Waals surface area contributed by atoms with Gasteiger partial charge in [-0.25, -0.2) is 4.39 Å². The van der Waals surface area contributed by atoms with Gasteiger partial charge in [0.05, 0.1) is 5.45 Å². The summed E-state index contributed by atoms with van der Waals surface area (Å²) in [6.45, 7) is 20.0. The highest BCUT2D eigenvalue weighted by atomic mass is 29.9. The Bertz CT molecular complexity index is 524. The molecule has 0 aliphatic rings. The summed E-state index contributed by atoms with van der Waals surface area (Å²) in [5, 5.41) is 0. The average molecular weight is 397 g/mol. The Balaban J connectivity index is 3.26. The van der Waals surface area contributed by atoms with Crippen LogP contribution in [0.4, 0.5) is 4.39 Å². The fourth-order valence-corrected chi connectivity index (χ4v) is 103. The van der Waals surface area contributed by atoms with Gasteiger partial charge in [0.2, 0.25) is 0 Å². The zero-order valence-electron chi connectivity index (χ0n) is 17.3. The quantitative estimate of drug-likeness (QED) is 0.449. The van der Waals surface area contributed by atoms with Crippen molar-refractivity contribution >= 4 is 29.4 Å². The van der Waals surface area contributed by atoms with Gasteiger partial charge in [-0.15, -0.1) is 0 Å². The van der Waals surface area contributed by atoms with Crippen LogP contribution in [-0.2, 0) is 6.42 Å². The Morgan fingerprint density at radius 1 is 0.792 bits per heavy atom. The first kappa shape index (κ1) is 21.8. The molecule has 0 amide bonds. The Labute approximate surface area is 153 Å². The largest absolute Gasteiger partial charge is 0.219 e. The predicted octanol–water partition coefficient (Wildman–Crippen LogP) is 6.71. The summed E-state index contributed by atoms with van der Waals surface area (Å²) >= 11 is 0. The topological polar surface area (TPSA) is 0 Å². The van der Waals surface area contributed by atoms with Gasteiger partial charge in [-0.1, -0.05) is 95.3 Å². The molecule has 1 aromatic carbocycles. The summed E-state index contributed by atoms with van der Waals surface area (Å²) in [5.41, 5.74) is 1.68. The van der Waals surface area contributed by atoms with Crippen molar-refractivity contribution in [2.24, 2.45) is 0 Å². The molecule has 1 aromatic rings. The van der Waals surface area contributed by atoms with E-state index in [1.165, 1.54) is 5.56 Å². The number of rotatable bonds is 7. The molecule has 0 heterocycles. The molecule has 0 saturated heterocycles. The minimum Gasteiger partial charge on any atom is -0.219 e. The smallest absolute Gasteiger partial charge is 0.103 e. The lowest BCUT2D eigenvalue weighted by molar-refractivity contribution is 0.680. The van der Waals surface area contributed by atoms with Crippen LogP contribution in [0.5, 0.6) is 0 Å². The third-order valence-electron chi connectivity index (χ3n) is 5.33. The number of hydrogen-bond acceptors (Lipinski definition) is 0. The zero-order valence-corrected chi connectivity index (χ0v) is 21.3. The minimum absolute atomic E-state index is 0.371. The van der Waals surface area contributed by atoms with E-state index in [9.17, 15) is 0 Å². The lowest BCUT2D eigenvalue weighted by Crippen LogP contribution is -2.83. The number of benzene rings is 1. The Hall–Kier alpha value is -0.242. The minimum atomic E-state index is -2.03. The molecule has 0 aliphatic carbocycles. The van der Waals surface area contributed by atoms with Crippen molar-refractivity contribution in [3.05, 3.63) is 47.4 Å². The fraction of sp³-hybridized carbons (Fsp3) is 0.579. The van der Waals surface area contributed by atoms with Crippen molar-refractivity contribution in [1.29, 1.82) is 0 Å². The van der Waals surface area contributed by atoms with Crippen LogP contribution >= 0.6 is 0 Å². The second kappa shape index (κ2) is 7.56. The van der Waals surface area contributed by atoms with E-state index in [-0.39, 0.29) is 0 Å². The predicted molar refractivity (Wildman–Crippen MR) is 120 cm³/mol. The van der Waals surface area contributed by atoms with Crippen LogP contribution < -0.4 is 0 Å². The summed E-state index contributed by atoms with van der Waals surface area (Å²) in [6, 6.07) is 10.5. The van der Waals surface area contributed by atoms with Gasteiger partial charge in [-0.05, 0) is 18.4 Å². The normalized spacial score (nSPS) is 14.8. The van der Waals surface area contributed by atoms with Gasteiger partial charge in [0.15, 0.2) is 0 Å². The van der Waals surface area contributed by atoms with Crippen molar-refractivity contribution in [3.63, 3.8) is 0 Å². The molecule has 0 fully saturated rings. The van der Waals surface area contributed by atoms with Crippen molar-refractivity contribution in [2.45, 2.75) is 71.8 Å². The molecule has 0 nitrogen and oxygen atoms in total. The highest BCUT2D eigenvalue weighted by Gasteiger charge is 2.64. The maximum atomic E-state index is 15.9. The average Bonchev–Trinajstić information content (AvgIpc) is 2.35. The molecule has 1 rings (SSSR count). The van der Waals surface area contributed by atoms with E-state index in [1.54, 1.807) is 0 Å². The second-order valence-electron chi connectivity index (χ2n) is 10.1. The zero-order chi connectivity index (χ0) is 18.8. The highest BCUT2D eigenvalue weighted by molar-refractivity contribution is 7.91. The van der Waals surface area contributed by atoms with Crippen LogP contribution in [0.25, 0.3) is 0 Å². The van der Waals surface area contributed by atoms with E-state index in [1.807, 2.05) is 12.1 Å². The maximum absolute atomic E-state index is 15.9. The van der Waals surface area contributed by atoms with Gasteiger partial charge >= 0.3 is 0 Å². The molecule has 0 unspecified atom stereocenters. The van der Waals surface area contributed by atoms with Crippen LogP contribution in [-0.4, -0.2) is 29.4 Å². The lowest BCUT2D eigenvalue weighted by atomic mass is 10.1. The Morgan fingerprint density at radius 2 is 1.21 bits per heavy atom. The molecule has 0 aliphatic heterocycles. The molecule has 0 spiro atoms. The van der Waals surface area contributed by atoms with Gasteiger partial charge in [-0.2, -0.15) is 0 Å². The van der Waals surface area contributed by atoms with Crippen LogP contribution in [0, 0.1) is 0 Å². The van der Waals surface area contributed by atoms with Gasteiger partial charge in [0, 0.05) is 22.8 Å². The number of halogens is 1. The first-order valence-electron chi connectivity index (χ1n) is 9.15. The molecule has 0 bridgehead atoms. The van der Waals surface area contributed by atoms with E-state index in [4.69, 9.17) is 0 Å². The Kier molecular flexibility index (Phi) is 6.86. The Morgan fingerprint density at radius 3 is 1.58 bits per heavy atom. The van der Waals surface area contributed by atoms with Crippen molar-refractivity contribution < 1.29 is 4.39 Å². The van der Waals surface area contributed by atoms with Gasteiger partial charge < -0.3 is 0 Å². The van der Waals surface area contributed by atoms with Gasteiger partial charge in [0.1, 0.15) is 6.63 Å². The molecule has 0 saturated carbocycles. The third kappa shape index (κ3) is 4.29. The van der Waals surface area contributed by atoms with Crippen molar-refractivity contribution in [1.82, 2.24) is 0 Å². The maximum Gasteiger partial charge on any atom is 0.103 e. The fourth-order valence-electron chi connectivity index (χ4n) is 5.61. The monoisotopic (exact) mass is 396 g/mol. The summed E-state index contributed by atoms with van der Waals surface area (Å²) in [4.78, 5) is 0. The molecular weight excluding hydrogens is 360 g/mol. The van der Waals surface area contributed by atoms with Crippen molar-refractivity contribution in [2.75, 3.05) is 0 Å². The molecular formula is C19H37FSi4. The first-order valence-corrected chi connectivity index (χ1v) is 24.7. The van der Waals surface area contributed by atoms with Gasteiger partial charge in [0.25, 0.3) is 0 Å². The molecule has 0 radical (unpaired) electrons. The van der Waals surface area contributed by atoms with E-state index < -0.39 is 29.4 Å². The summed E-state index contributed by atoms with van der Waals surface area (Å²) in [6.07, 6.45) is 3.79. The lowest BCUT2D eigenvalue weighted by Gasteiger charge is -2.56. The van der Waals surface area contributed by atoms with Crippen LogP contribution in [0.15, 0.2) is 41.9 Å². The summed E-state index contributed by atoms with van der Waals surface area (Å²) in [5.74, 6) is 0. The SMILES string of the molecule is C[Si](C)(C)[Si](/C(F)=C/CCc1ccccc1)([Si](C)(C)C)[Si](C)(C)C. The molecule has 136 valence electrons. The molecule has 0 atom stereocenters.